The zero-order valence-electron chi connectivity index (χ0n) is 16.3. The summed E-state index contributed by atoms with van der Waals surface area (Å²) < 4.78 is 34.0. The number of esters is 1. The average molecular weight is 421 g/mol. The van der Waals surface area contributed by atoms with Crippen LogP contribution < -0.4 is 5.43 Å². The molecule has 1 aromatic heterocycles. The van der Waals surface area contributed by atoms with E-state index in [2.05, 4.69) is 0 Å². The van der Waals surface area contributed by atoms with E-state index in [4.69, 9.17) is 9.15 Å². The summed E-state index contributed by atoms with van der Waals surface area (Å²) >= 11 is 0. The molecule has 156 valence electrons. The summed E-state index contributed by atoms with van der Waals surface area (Å²) in [5, 5.41) is 0.339. The number of fused-ring (bicyclic) bond motifs is 1. The molecule has 0 radical (unpaired) electrons. The lowest BCUT2D eigenvalue weighted by atomic mass is 10.1. The molecule has 9 heteroatoms. The Kier molecular flexibility index (Phi) is 6.07. The molecular weight excluding hydrogens is 398 g/mol. The minimum absolute atomic E-state index is 0.0432. The first-order valence-corrected chi connectivity index (χ1v) is 11.2. The summed E-state index contributed by atoms with van der Waals surface area (Å²) in [6.07, 6.45) is 0.369. The van der Waals surface area contributed by atoms with Crippen molar-refractivity contribution in [2.75, 3.05) is 24.7 Å². The van der Waals surface area contributed by atoms with Gasteiger partial charge in [0.1, 0.15) is 5.58 Å². The zero-order chi connectivity index (χ0) is 21.2. The van der Waals surface area contributed by atoms with Gasteiger partial charge in [-0.2, -0.15) is 0 Å². The average Bonchev–Trinajstić information content (AvgIpc) is 3.03. The van der Waals surface area contributed by atoms with Crippen molar-refractivity contribution in [1.29, 1.82) is 0 Å². The molecule has 0 bridgehead atoms. The number of nitrogens with zero attached hydrogens (tertiary/aromatic N) is 1. The molecule has 2 heterocycles. The van der Waals surface area contributed by atoms with Crippen LogP contribution in [0.1, 0.15) is 30.8 Å². The molecule has 0 saturated carbocycles. The topological polar surface area (TPSA) is 111 Å². The highest BCUT2D eigenvalue weighted by molar-refractivity contribution is 7.91. The molecule has 1 fully saturated rings. The number of hydrogen-bond acceptors (Lipinski definition) is 7. The van der Waals surface area contributed by atoms with Gasteiger partial charge in [-0.1, -0.05) is 26.0 Å². The number of hydrogen-bond donors (Lipinski definition) is 0. The summed E-state index contributed by atoms with van der Waals surface area (Å²) in [7, 11) is -3.16. The van der Waals surface area contributed by atoms with Crippen molar-refractivity contribution in [2.45, 2.75) is 26.3 Å². The number of carbonyl (C=O) groups excluding carboxylic acids is 2. The molecule has 1 aliphatic rings. The highest BCUT2D eigenvalue weighted by Gasteiger charge is 2.35. The monoisotopic (exact) mass is 421 g/mol. The van der Waals surface area contributed by atoms with Crippen LogP contribution in [0.25, 0.3) is 11.0 Å². The molecule has 0 unspecified atom stereocenters. The highest BCUT2D eigenvalue weighted by atomic mass is 32.2. The first-order valence-electron chi connectivity index (χ1n) is 9.36. The quantitative estimate of drug-likeness (QED) is 0.652. The van der Waals surface area contributed by atoms with Crippen LogP contribution in [0.2, 0.25) is 0 Å². The largest absolute Gasteiger partial charge is 0.450 e. The van der Waals surface area contributed by atoms with Crippen LogP contribution in [0.5, 0.6) is 0 Å². The van der Waals surface area contributed by atoms with Gasteiger partial charge in [-0.15, -0.1) is 0 Å². The van der Waals surface area contributed by atoms with Crippen molar-refractivity contribution in [2.24, 2.45) is 5.92 Å². The maximum atomic E-state index is 12.7. The van der Waals surface area contributed by atoms with E-state index in [1.54, 1.807) is 24.3 Å². The van der Waals surface area contributed by atoms with E-state index in [0.29, 0.717) is 18.4 Å². The summed E-state index contributed by atoms with van der Waals surface area (Å²) in [4.78, 5) is 38.5. The van der Waals surface area contributed by atoms with Crippen LogP contribution in [0, 0.1) is 5.92 Å². The van der Waals surface area contributed by atoms with Crippen molar-refractivity contribution >= 4 is 32.7 Å². The Balaban J connectivity index is 1.71. The molecular formula is C20H23NO7S. The fourth-order valence-corrected chi connectivity index (χ4v) is 5.09. The summed E-state index contributed by atoms with van der Waals surface area (Å²) in [5.74, 6) is -1.61. The Hall–Kier alpha value is -2.68. The molecule has 1 aromatic carbocycles. The second-order valence-electron chi connectivity index (χ2n) is 7.54. The van der Waals surface area contributed by atoms with Gasteiger partial charge in [0.25, 0.3) is 5.91 Å². The van der Waals surface area contributed by atoms with E-state index < -0.39 is 34.4 Å². The van der Waals surface area contributed by atoms with E-state index in [1.807, 2.05) is 13.8 Å². The predicted octanol–water partition coefficient (Wildman–Crippen LogP) is 1.62. The second kappa shape index (κ2) is 8.36. The Morgan fingerprint density at radius 3 is 2.66 bits per heavy atom. The van der Waals surface area contributed by atoms with E-state index >= 15 is 0 Å². The smallest absolute Gasteiger partial charge is 0.374 e. The van der Waals surface area contributed by atoms with E-state index in [1.165, 1.54) is 4.90 Å². The lowest BCUT2D eigenvalue weighted by Crippen LogP contribution is -2.45. The van der Waals surface area contributed by atoms with Crippen LogP contribution in [-0.2, 0) is 19.4 Å². The van der Waals surface area contributed by atoms with Gasteiger partial charge in [0, 0.05) is 18.7 Å². The predicted molar refractivity (Wildman–Crippen MR) is 106 cm³/mol. The molecule has 8 nitrogen and oxygen atoms in total. The van der Waals surface area contributed by atoms with Crippen molar-refractivity contribution in [3.05, 3.63) is 46.3 Å². The van der Waals surface area contributed by atoms with E-state index in [0.717, 1.165) is 6.07 Å². The number of para-hydroxylation sites is 1. The molecule has 1 saturated heterocycles. The van der Waals surface area contributed by atoms with E-state index in [-0.39, 0.29) is 34.2 Å². The first kappa shape index (κ1) is 21.0. The van der Waals surface area contributed by atoms with Crippen LogP contribution >= 0.6 is 0 Å². The third-order valence-electron chi connectivity index (χ3n) is 4.69. The Labute approximate surface area is 168 Å². The van der Waals surface area contributed by atoms with Gasteiger partial charge in [0.2, 0.25) is 5.76 Å². The number of amides is 1. The molecule has 2 aromatic rings. The molecule has 0 aliphatic carbocycles. The zero-order valence-corrected chi connectivity index (χ0v) is 17.1. The lowest BCUT2D eigenvalue weighted by Gasteiger charge is -2.29. The SMILES string of the molecule is CC(C)CN(C(=O)COC(=O)c1cc(=O)c2ccccc2o1)[C@H]1CCS(=O)(=O)C1. The van der Waals surface area contributed by atoms with Gasteiger partial charge < -0.3 is 14.1 Å². The maximum absolute atomic E-state index is 12.7. The summed E-state index contributed by atoms with van der Waals surface area (Å²) in [6.45, 7) is 3.64. The van der Waals surface area contributed by atoms with Crippen molar-refractivity contribution in [1.82, 2.24) is 4.90 Å². The Bertz CT molecular complexity index is 1090. The molecule has 29 heavy (non-hydrogen) atoms. The van der Waals surface area contributed by atoms with Crippen molar-refractivity contribution in [3.63, 3.8) is 0 Å². The number of sulfone groups is 1. The molecule has 3 rings (SSSR count). The van der Waals surface area contributed by atoms with Crippen LogP contribution in [0.3, 0.4) is 0 Å². The normalized spacial score (nSPS) is 18.1. The van der Waals surface area contributed by atoms with Gasteiger partial charge in [0.05, 0.1) is 16.9 Å². The summed E-state index contributed by atoms with van der Waals surface area (Å²) in [5.41, 5.74) is -0.140. The standard InChI is InChI=1S/C20H23NO7S/c1-13(2)10-21(14-7-8-29(25,26)12-14)19(23)11-27-20(24)18-9-16(22)15-5-3-4-6-17(15)28-18/h3-6,9,13-14H,7-8,10-12H2,1-2H3/t14-/m0/s1. The molecule has 1 amide bonds. The Morgan fingerprint density at radius 1 is 1.28 bits per heavy atom. The van der Waals surface area contributed by atoms with Crippen molar-refractivity contribution in [3.8, 4) is 0 Å². The number of benzene rings is 1. The molecule has 1 aliphatic heterocycles. The minimum atomic E-state index is -3.16. The lowest BCUT2D eigenvalue weighted by molar-refractivity contribution is -0.137. The van der Waals surface area contributed by atoms with Crippen LogP contribution in [0.15, 0.2) is 39.5 Å². The van der Waals surface area contributed by atoms with Crippen LogP contribution in [0.4, 0.5) is 0 Å². The fraction of sp³-hybridized carbons (Fsp3) is 0.450. The maximum Gasteiger partial charge on any atom is 0.374 e. The third kappa shape index (κ3) is 5.03. The van der Waals surface area contributed by atoms with E-state index in [9.17, 15) is 22.8 Å². The van der Waals surface area contributed by atoms with Gasteiger partial charge in [-0.25, -0.2) is 13.2 Å². The second-order valence-corrected chi connectivity index (χ2v) is 9.77. The molecule has 0 spiro atoms. The van der Waals surface area contributed by atoms with Crippen molar-refractivity contribution < 1.29 is 27.2 Å². The summed E-state index contributed by atoms with van der Waals surface area (Å²) in [6, 6.07) is 7.10. The Morgan fingerprint density at radius 2 is 2.00 bits per heavy atom. The van der Waals surface area contributed by atoms with Gasteiger partial charge in [-0.3, -0.25) is 9.59 Å². The number of rotatable bonds is 6. The highest BCUT2D eigenvalue weighted by Crippen LogP contribution is 2.19. The third-order valence-corrected chi connectivity index (χ3v) is 6.44. The van der Waals surface area contributed by atoms with Gasteiger partial charge >= 0.3 is 5.97 Å². The molecule has 1 atom stereocenters. The van der Waals surface area contributed by atoms with Gasteiger partial charge in [0.15, 0.2) is 21.9 Å². The minimum Gasteiger partial charge on any atom is -0.450 e. The molecule has 0 N–H and O–H groups in total. The number of ether oxygens (including phenoxy) is 1. The number of carbonyl (C=O) groups is 2. The first-order chi connectivity index (χ1) is 13.7. The van der Waals surface area contributed by atoms with Crippen LogP contribution in [-0.4, -0.2) is 55.9 Å². The fourth-order valence-electron chi connectivity index (χ4n) is 3.35. The van der Waals surface area contributed by atoms with Gasteiger partial charge in [-0.05, 0) is 24.5 Å².